The van der Waals surface area contributed by atoms with Crippen LogP contribution < -0.4 is 4.90 Å². The molecule has 1 fully saturated rings. The van der Waals surface area contributed by atoms with Gasteiger partial charge in [0.25, 0.3) is 5.91 Å². The number of nitrogens with zero attached hydrogens (tertiary/aromatic N) is 5. The molecule has 2 aromatic carbocycles. The van der Waals surface area contributed by atoms with E-state index in [0.717, 1.165) is 16.9 Å². The summed E-state index contributed by atoms with van der Waals surface area (Å²) in [6.45, 7) is 4.08. The van der Waals surface area contributed by atoms with E-state index in [1.54, 1.807) is 19.2 Å². The first-order valence-corrected chi connectivity index (χ1v) is 10.1. The molecule has 0 saturated carbocycles. The lowest BCUT2D eigenvalue weighted by molar-refractivity contribution is -0.137. The molecule has 8 heteroatoms. The zero-order valence-electron chi connectivity index (χ0n) is 17.5. The Morgan fingerprint density at radius 3 is 2.45 bits per heavy atom. The molecule has 0 N–H and O–H groups in total. The molecule has 0 spiro atoms. The second kappa shape index (κ2) is 6.94. The predicted octanol–water partition coefficient (Wildman–Crippen LogP) is 3.28. The van der Waals surface area contributed by atoms with Crippen LogP contribution in [0.5, 0.6) is 0 Å². The molecule has 5 rings (SSSR count). The minimum absolute atomic E-state index is 0.0822. The van der Waals surface area contributed by atoms with Crippen molar-refractivity contribution in [3.63, 3.8) is 0 Å². The van der Waals surface area contributed by atoms with Crippen molar-refractivity contribution in [3.8, 4) is 0 Å². The van der Waals surface area contributed by atoms with Gasteiger partial charge < -0.3 is 9.80 Å². The van der Waals surface area contributed by atoms with Gasteiger partial charge in [0.15, 0.2) is 12.2 Å². The Bertz CT molecular complexity index is 1140. The first kappa shape index (κ1) is 19.3. The molecule has 0 radical (unpaired) electrons. The average Bonchev–Trinajstić information content (AvgIpc) is 3.26. The summed E-state index contributed by atoms with van der Waals surface area (Å²) >= 11 is 0. The number of carbonyl (C=O) groups excluding carboxylic acids is 2. The highest BCUT2D eigenvalue weighted by atomic mass is 19.1. The Hall–Kier alpha value is -3.68. The fourth-order valence-corrected chi connectivity index (χ4v) is 4.38. The normalized spacial score (nSPS) is 22.6. The molecule has 31 heavy (non-hydrogen) atoms. The molecule has 3 aliphatic rings. The van der Waals surface area contributed by atoms with Gasteiger partial charge in [0.1, 0.15) is 5.82 Å². The first-order chi connectivity index (χ1) is 14.9. The topological polar surface area (TPSA) is 59.5 Å². The monoisotopic (exact) mass is 419 g/mol. The van der Waals surface area contributed by atoms with Crippen LogP contribution in [0, 0.1) is 12.7 Å². The van der Waals surface area contributed by atoms with Gasteiger partial charge in [0, 0.05) is 18.9 Å². The lowest BCUT2D eigenvalue weighted by Crippen LogP contribution is -2.63. The number of para-hydroxylation sites is 1. The highest BCUT2D eigenvalue weighted by Crippen LogP contribution is 2.37. The van der Waals surface area contributed by atoms with Crippen molar-refractivity contribution in [1.29, 1.82) is 0 Å². The van der Waals surface area contributed by atoms with E-state index in [1.165, 1.54) is 21.9 Å². The van der Waals surface area contributed by atoms with Gasteiger partial charge in [-0.05, 0) is 43.2 Å². The van der Waals surface area contributed by atoms with Crippen molar-refractivity contribution in [1.82, 2.24) is 14.7 Å². The predicted molar refractivity (Wildman–Crippen MR) is 114 cm³/mol. The number of hydrogen-bond donors (Lipinski definition) is 0. The van der Waals surface area contributed by atoms with Gasteiger partial charge >= 0.3 is 6.03 Å². The number of anilines is 1. The Labute approximate surface area is 179 Å². The molecule has 3 heterocycles. The number of aryl methyl sites for hydroxylation is 1. The quantitative estimate of drug-likeness (QED) is 0.766. The van der Waals surface area contributed by atoms with E-state index < -0.39 is 18.2 Å². The Morgan fingerprint density at radius 1 is 1.03 bits per heavy atom. The molecule has 158 valence electrons. The van der Waals surface area contributed by atoms with Crippen molar-refractivity contribution in [3.05, 3.63) is 77.4 Å². The second-order valence-corrected chi connectivity index (χ2v) is 8.03. The number of fused-ring (bicyclic) bond motifs is 3. The van der Waals surface area contributed by atoms with Crippen molar-refractivity contribution in [2.75, 3.05) is 11.9 Å². The van der Waals surface area contributed by atoms with Gasteiger partial charge in [-0.25, -0.2) is 14.2 Å². The Kier molecular flexibility index (Phi) is 4.32. The van der Waals surface area contributed by atoms with Gasteiger partial charge in [0.05, 0.1) is 12.2 Å². The van der Waals surface area contributed by atoms with Gasteiger partial charge in [-0.2, -0.15) is 0 Å². The minimum atomic E-state index is -0.637. The summed E-state index contributed by atoms with van der Waals surface area (Å²) in [6, 6.07) is 12.7. The highest BCUT2D eigenvalue weighted by molar-refractivity contribution is 6.10. The van der Waals surface area contributed by atoms with Crippen LogP contribution in [0.15, 0.2) is 65.4 Å². The van der Waals surface area contributed by atoms with E-state index in [0.29, 0.717) is 11.5 Å². The Morgan fingerprint density at radius 2 is 1.74 bits per heavy atom. The van der Waals surface area contributed by atoms with Gasteiger partial charge in [-0.1, -0.05) is 30.3 Å². The van der Waals surface area contributed by atoms with E-state index in [2.05, 4.69) is 0 Å². The lowest BCUT2D eigenvalue weighted by Gasteiger charge is -2.40. The molecule has 0 aromatic heterocycles. The first-order valence-electron chi connectivity index (χ1n) is 10.1. The third-order valence-corrected chi connectivity index (χ3v) is 6.00. The number of rotatable bonds is 3. The maximum absolute atomic E-state index is 13.4. The van der Waals surface area contributed by atoms with E-state index in [1.807, 2.05) is 54.1 Å². The molecule has 3 aliphatic heterocycles. The summed E-state index contributed by atoms with van der Waals surface area (Å²) in [5.41, 5.74) is 3.71. The largest absolute Gasteiger partial charge is 0.328 e. The minimum Gasteiger partial charge on any atom is -0.302 e. The maximum atomic E-state index is 13.4. The number of halogens is 1. The summed E-state index contributed by atoms with van der Waals surface area (Å²) in [5, 5.41) is 0. The number of imide groups is 1. The summed E-state index contributed by atoms with van der Waals surface area (Å²) in [5.74, 6) is -0.0367. The third kappa shape index (κ3) is 2.90. The molecule has 7 nitrogen and oxygen atoms in total. The fraction of sp³-hybridized carbons (Fsp3) is 0.261. The number of allylic oxidation sites excluding steroid dienone is 1. The number of guanidine groups is 1. The molecule has 2 atom stereocenters. The summed E-state index contributed by atoms with van der Waals surface area (Å²) in [4.78, 5) is 37.8. The SMILES string of the molecule is CC1=CN2C(=NC3C2C(=O)N(Cc2ccc(F)cc2)C(=O)N3C)N1c1ccccc1C. The zero-order valence-corrected chi connectivity index (χ0v) is 17.5. The molecular weight excluding hydrogens is 397 g/mol. The van der Waals surface area contributed by atoms with E-state index in [9.17, 15) is 14.0 Å². The number of amides is 3. The fourth-order valence-electron chi connectivity index (χ4n) is 4.38. The molecule has 2 unspecified atom stereocenters. The average molecular weight is 419 g/mol. The maximum Gasteiger partial charge on any atom is 0.328 e. The standard InChI is InChI=1S/C23H22FN5O2/c1-14-6-4-5-7-18(14)29-15(2)12-27-19-20(25-22(27)29)26(3)23(31)28(21(19)30)13-16-8-10-17(24)11-9-16/h4-12,19-20H,13H2,1-3H3. The van der Waals surface area contributed by atoms with Crippen molar-refractivity contribution in [2.45, 2.75) is 32.6 Å². The number of hydrogen-bond acceptors (Lipinski definition) is 5. The third-order valence-electron chi connectivity index (χ3n) is 6.00. The van der Waals surface area contributed by atoms with Crippen molar-refractivity contribution < 1.29 is 14.0 Å². The molecule has 2 aromatic rings. The number of urea groups is 1. The summed E-state index contributed by atoms with van der Waals surface area (Å²) in [7, 11) is 1.66. The smallest absolute Gasteiger partial charge is 0.302 e. The van der Waals surface area contributed by atoms with Crippen LogP contribution in [0.2, 0.25) is 0 Å². The van der Waals surface area contributed by atoms with E-state index in [4.69, 9.17) is 4.99 Å². The number of benzene rings is 2. The van der Waals surface area contributed by atoms with Gasteiger partial charge in [-0.15, -0.1) is 0 Å². The van der Waals surface area contributed by atoms with Crippen LogP contribution in [-0.2, 0) is 11.3 Å². The summed E-state index contributed by atoms with van der Waals surface area (Å²) < 4.78 is 13.3. The molecule has 0 bridgehead atoms. The van der Waals surface area contributed by atoms with Crippen LogP contribution in [0.1, 0.15) is 18.1 Å². The van der Waals surface area contributed by atoms with Crippen LogP contribution >= 0.6 is 0 Å². The van der Waals surface area contributed by atoms with Crippen LogP contribution in [0.25, 0.3) is 0 Å². The number of aliphatic imine (C=N–C) groups is 1. The van der Waals surface area contributed by atoms with Gasteiger partial charge in [0.2, 0.25) is 5.96 Å². The van der Waals surface area contributed by atoms with Crippen molar-refractivity contribution >= 4 is 23.6 Å². The number of likely N-dealkylation sites (N-methyl/N-ethyl adjacent to an activating group) is 1. The van der Waals surface area contributed by atoms with Crippen molar-refractivity contribution in [2.24, 2.45) is 4.99 Å². The summed E-state index contributed by atoms with van der Waals surface area (Å²) in [6.07, 6.45) is 1.31. The zero-order chi connectivity index (χ0) is 21.9. The molecule has 1 saturated heterocycles. The highest BCUT2D eigenvalue weighted by Gasteiger charge is 2.54. The molecule has 0 aliphatic carbocycles. The Balaban J connectivity index is 1.48. The van der Waals surface area contributed by atoms with E-state index in [-0.39, 0.29) is 18.3 Å². The second-order valence-electron chi connectivity index (χ2n) is 8.03. The molecule has 3 amide bonds. The van der Waals surface area contributed by atoms with Crippen LogP contribution in [0.4, 0.5) is 14.9 Å². The lowest BCUT2D eigenvalue weighted by atomic mass is 10.1. The van der Waals surface area contributed by atoms with Crippen LogP contribution in [0.3, 0.4) is 0 Å². The van der Waals surface area contributed by atoms with Gasteiger partial charge in [-0.3, -0.25) is 14.6 Å². The van der Waals surface area contributed by atoms with Crippen LogP contribution in [-0.4, -0.2) is 51.9 Å². The van der Waals surface area contributed by atoms with E-state index >= 15 is 0 Å². The number of carbonyl (C=O) groups is 2. The molecular formula is C23H22FN5O2.